The molecule has 0 aliphatic rings. The third-order valence-electron chi connectivity index (χ3n) is 5.32. The van der Waals surface area contributed by atoms with Crippen molar-refractivity contribution in [2.24, 2.45) is 0 Å². The first-order valence-corrected chi connectivity index (χ1v) is 14.3. The first kappa shape index (κ1) is 28.3. The number of carboxylic acids is 2. The Balaban J connectivity index is 5.93. The first-order chi connectivity index (χ1) is 13.8. The van der Waals surface area contributed by atoms with Crippen LogP contribution in [0.15, 0.2) is 0 Å². The molecule has 0 atom stereocenters. The maximum absolute atomic E-state index is 12.4. The number of unbranched alkanes of at least 4 members (excludes halogenated alkanes) is 1. The van der Waals surface area contributed by atoms with Crippen LogP contribution >= 0.6 is 6.83 Å². The number of hydrogen-bond acceptors (Lipinski definition) is 9. The molecule has 0 radical (unpaired) electrons. The third kappa shape index (κ3) is 8.19. The van der Waals surface area contributed by atoms with Gasteiger partial charge in [0.05, 0.1) is 0 Å². The van der Waals surface area contributed by atoms with E-state index in [-0.39, 0.29) is 17.7 Å². The second kappa shape index (κ2) is 11.6. The van der Waals surface area contributed by atoms with Gasteiger partial charge in [-0.15, -0.1) is 0 Å². The fourth-order valence-electron chi connectivity index (χ4n) is 2.84. The molecule has 0 unspecified atom stereocenters. The fourth-order valence-corrected chi connectivity index (χ4v) is 10.2. The Hall–Kier alpha value is -1.72. The Morgan fingerprint density at radius 2 is 1.27 bits per heavy atom. The van der Waals surface area contributed by atoms with Gasteiger partial charge in [0.15, 0.2) is 0 Å². The van der Waals surface area contributed by atoms with E-state index in [1.165, 1.54) is 0 Å². The summed E-state index contributed by atoms with van der Waals surface area (Å²) in [4.78, 5) is 44.6. The molecule has 174 valence electrons. The zero-order valence-electron chi connectivity index (χ0n) is 17.7. The number of aliphatic carboxylic acids is 2. The van der Waals surface area contributed by atoms with Crippen LogP contribution in [0.5, 0.6) is 0 Å². The SMILES string of the molecule is CCCCS(=O)(=O)CCP(CC)(CC)(CC)OB(OC(=O)C(=O)O)OC(=O)C(=O)O. The van der Waals surface area contributed by atoms with Crippen molar-refractivity contribution in [1.82, 2.24) is 0 Å². The molecule has 2 N–H and O–H groups in total. The average Bonchev–Trinajstić information content (AvgIpc) is 2.69. The Morgan fingerprint density at radius 1 is 0.833 bits per heavy atom. The summed E-state index contributed by atoms with van der Waals surface area (Å²) >= 11 is 0. The van der Waals surface area contributed by atoms with Crippen LogP contribution in [0.4, 0.5) is 0 Å². The second-order valence-electron chi connectivity index (χ2n) is 6.85. The Morgan fingerprint density at radius 3 is 1.60 bits per heavy atom. The Bertz CT molecular complexity index is 709. The molecule has 0 aliphatic carbocycles. The number of sulfone groups is 1. The van der Waals surface area contributed by atoms with Gasteiger partial charge in [-0.1, -0.05) is 0 Å². The van der Waals surface area contributed by atoms with E-state index in [2.05, 4.69) is 9.31 Å². The topological polar surface area (TPSA) is 171 Å². The fraction of sp³-hybridized carbons (Fsp3) is 0.750. The van der Waals surface area contributed by atoms with Crippen molar-refractivity contribution in [3.63, 3.8) is 0 Å². The van der Waals surface area contributed by atoms with Crippen LogP contribution in [-0.4, -0.2) is 86.0 Å². The molecule has 0 bridgehead atoms. The normalized spacial score (nSPS) is 13.0. The maximum atomic E-state index is 12.4. The van der Waals surface area contributed by atoms with Gasteiger partial charge < -0.3 is 0 Å². The van der Waals surface area contributed by atoms with E-state index in [1.807, 2.05) is 6.92 Å². The molecule has 11 nitrogen and oxygen atoms in total. The van der Waals surface area contributed by atoms with Crippen molar-refractivity contribution < 1.29 is 51.6 Å². The van der Waals surface area contributed by atoms with Gasteiger partial charge in [-0.25, -0.2) is 0 Å². The van der Waals surface area contributed by atoms with Gasteiger partial charge in [0, 0.05) is 0 Å². The molecule has 0 rings (SSSR count). The van der Waals surface area contributed by atoms with Crippen LogP contribution in [0.2, 0.25) is 0 Å². The van der Waals surface area contributed by atoms with Crippen LogP contribution < -0.4 is 0 Å². The van der Waals surface area contributed by atoms with Crippen molar-refractivity contribution in [1.29, 1.82) is 0 Å². The van der Waals surface area contributed by atoms with Crippen LogP contribution in [0.25, 0.3) is 0 Å². The number of rotatable bonds is 13. The van der Waals surface area contributed by atoms with Crippen LogP contribution in [0.3, 0.4) is 0 Å². The van der Waals surface area contributed by atoms with E-state index in [0.29, 0.717) is 31.3 Å². The molecule has 14 heteroatoms. The van der Waals surface area contributed by atoms with Gasteiger partial charge in [-0.3, -0.25) is 0 Å². The molecule has 30 heavy (non-hydrogen) atoms. The summed E-state index contributed by atoms with van der Waals surface area (Å²) in [6.45, 7) is 3.57. The number of hydrogen-bond donors (Lipinski definition) is 2. The van der Waals surface area contributed by atoms with Crippen molar-refractivity contribution in [2.45, 2.75) is 40.5 Å². The van der Waals surface area contributed by atoms with E-state index in [0.717, 1.165) is 0 Å². The van der Waals surface area contributed by atoms with Gasteiger partial charge in [-0.2, -0.15) is 0 Å². The molecule has 0 heterocycles. The zero-order chi connectivity index (χ0) is 23.6. The van der Waals surface area contributed by atoms with E-state index in [9.17, 15) is 27.6 Å². The van der Waals surface area contributed by atoms with Gasteiger partial charge in [0.25, 0.3) is 0 Å². The van der Waals surface area contributed by atoms with Gasteiger partial charge in [0.2, 0.25) is 0 Å². The number of carbonyl (C=O) groups is 4. The summed E-state index contributed by atoms with van der Waals surface area (Å²) in [5, 5.41) is 17.5. The quantitative estimate of drug-likeness (QED) is 0.222. The van der Waals surface area contributed by atoms with Crippen molar-refractivity contribution in [2.75, 3.05) is 36.2 Å². The van der Waals surface area contributed by atoms with Gasteiger partial charge in [-0.05, 0) is 0 Å². The van der Waals surface area contributed by atoms with Crippen molar-refractivity contribution >= 4 is 47.9 Å². The predicted molar refractivity (Wildman–Crippen MR) is 111 cm³/mol. The summed E-state index contributed by atoms with van der Waals surface area (Å²) in [5.41, 5.74) is 0. The number of carboxylic acid groups (broad SMARTS) is 2. The van der Waals surface area contributed by atoms with Crippen LogP contribution in [0.1, 0.15) is 40.5 Å². The first-order valence-electron chi connectivity index (χ1n) is 9.57. The molecular weight excluding hydrogens is 442 g/mol. The van der Waals surface area contributed by atoms with E-state index in [4.69, 9.17) is 14.7 Å². The molecule has 0 saturated carbocycles. The van der Waals surface area contributed by atoms with E-state index < -0.39 is 47.9 Å². The Labute approximate surface area is 176 Å². The molecule has 0 amide bonds. The summed E-state index contributed by atoms with van der Waals surface area (Å²) < 4.78 is 39.7. The standard InChI is InChI=1S/C16H30BO11PS/c1-5-9-11-30(24,25)12-10-29(6-2,7-3,8-4)28-17(26-15(22)13(18)19)27-16(23)14(20)21/h5-12H2,1-4H3,(H,18,19)(H,20,21). The number of carbonyl (C=O) groups excluding carboxylic acids is 2. The van der Waals surface area contributed by atoms with Crippen molar-refractivity contribution in [3.8, 4) is 0 Å². The minimum atomic E-state index is -3.50. The average molecular weight is 472 g/mol. The van der Waals surface area contributed by atoms with E-state index in [1.54, 1.807) is 20.8 Å². The second-order valence-corrected chi connectivity index (χ2v) is 15.4. The molecular formula is C16H30BO11PS. The van der Waals surface area contributed by atoms with Gasteiger partial charge >= 0.3 is 176 Å². The minimum absolute atomic E-state index is 0.00142. The van der Waals surface area contributed by atoms with Crippen molar-refractivity contribution in [3.05, 3.63) is 0 Å². The molecule has 0 spiro atoms. The molecule has 0 aromatic carbocycles. The Kier molecular flexibility index (Phi) is 11.0. The molecule has 0 fully saturated rings. The van der Waals surface area contributed by atoms with Crippen LogP contribution in [-0.2, 0) is 42.8 Å². The summed E-state index contributed by atoms with van der Waals surface area (Å²) in [5.74, 6) is -7.84. The molecule has 0 aromatic rings. The summed E-state index contributed by atoms with van der Waals surface area (Å²) in [6.07, 6.45) is 2.20. The third-order valence-corrected chi connectivity index (χ3v) is 14.3. The molecule has 0 aliphatic heterocycles. The monoisotopic (exact) mass is 472 g/mol. The zero-order valence-corrected chi connectivity index (χ0v) is 19.4. The summed E-state index contributed by atoms with van der Waals surface area (Å²) in [7, 11) is -5.63. The summed E-state index contributed by atoms with van der Waals surface area (Å²) in [6, 6.07) is 0. The van der Waals surface area contributed by atoms with Crippen LogP contribution in [0, 0.1) is 0 Å². The molecule has 0 aromatic heterocycles. The van der Waals surface area contributed by atoms with E-state index >= 15 is 0 Å². The molecule has 0 saturated heterocycles. The predicted octanol–water partition coefficient (Wildman–Crippen LogP) is 0.986. The van der Waals surface area contributed by atoms with Gasteiger partial charge in [0.1, 0.15) is 0 Å².